The average Bonchev–Trinajstić information content (AvgIpc) is 3.43. The number of esters is 1. The molecule has 2 bridgehead atoms. The van der Waals surface area contributed by atoms with Gasteiger partial charge >= 0.3 is 5.97 Å². The van der Waals surface area contributed by atoms with Crippen LogP contribution >= 0.6 is 0 Å². The van der Waals surface area contributed by atoms with Crippen molar-refractivity contribution in [1.29, 1.82) is 0 Å². The number of aliphatic hydroxyl groups is 1. The third kappa shape index (κ3) is 4.31. The van der Waals surface area contributed by atoms with Gasteiger partial charge in [0.15, 0.2) is 0 Å². The zero-order chi connectivity index (χ0) is 24.9. The minimum absolute atomic E-state index is 0.0206. The summed E-state index contributed by atoms with van der Waals surface area (Å²) in [6, 6.07) is -0.874. The zero-order valence-corrected chi connectivity index (χ0v) is 20.7. The molecule has 1 N–H and O–H groups in total. The molecule has 3 saturated heterocycles. The van der Waals surface area contributed by atoms with Gasteiger partial charge in [0.1, 0.15) is 17.6 Å². The summed E-state index contributed by atoms with van der Waals surface area (Å²) in [5.41, 5.74) is -1.90. The minimum atomic E-state index is -1.09. The van der Waals surface area contributed by atoms with E-state index in [-0.39, 0.29) is 31.6 Å². The number of likely N-dealkylation sites (tertiary alicyclic amines) is 1. The van der Waals surface area contributed by atoms with Crippen molar-refractivity contribution in [2.75, 3.05) is 32.8 Å². The lowest BCUT2D eigenvalue weighted by Crippen LogP contribution is -2.56. The Morgan fingerprint density at radius 1 is 1.26 bits per heavy atom. The van der Waals surface area contributed by atoms with Crippen LogP contribution in [0.4, 0.5) is 0 Å². The molecule has 0 aliphatic carbocycles. The largest absolute Gasteiger partial charge is 0.465 e. The van der Waals surface area contributed by atoms with Crippen molar-refractivity contribution in [3.8, 4) is 0 Å². The maximum atomic E-state index is 13.9. The Hall–Kier alpha value is -2.19. The molecule has 3 aliphatic heterocycles. The van der Waals surface area contributed by atoms with Crippen molar-refractivity contribution < 1.29 is 29.0 Å². The Morgan fingerprint density at radius 3 is 2.65 bits per heavy atom. The molecule has 3 rings (SSSR count). The van der Waals surface area contributed by atoms with Crippen molar-refractivity contribution >= 4 is 17.8 Å². The molecule has 1 spiro atoms. The lowest BCUT2D eigenvalue weighted by molar-refractivity contribution is -0.162. The number of β-amino-alcohol motifs (C(OH)–C–C–N with tert-alkyl or cyclic N) is 1. The number of amides is 2. The highest BCUT2D eigenvalue weighted by Crippen LogP contribution is 2.64. The lowest BCUT2D eigenvalue weighted by atomic mass is 9.65. The highest BCUT2D eigenvalue weighted by Gasteiger charge is 2.79. The Kier molecular flexibility index (Phi) is 8.57. The molecule has 3 aliphatic rings. The Morgan fingerprint density at radius 2 is 2.03 bits per heavy atom. The second-order valence-corrected chi connectivity index (χ2v) is 9.61. The topological polar surface area (TPSA) is 96.4 Å². The van der Waals surface area contributed by atoms with Gasteiger partial charge in [0, 0.05) is 19.6 Å². The minimum Gasteiger partial charge on any atom is -0.465 e. The summed E-state index contributed by atoms with van der Waals surface area (Å²) in [5.74, 6) is -2.48. The molecule has 0 aromatic carbocycles. The van der Waals surface area contributed by atoms with Crippen molar-refractivity contribution in [2.45, 2.75) is 76.0 Å². The molecule has 0 radical (unpaired) electrons. The molecule has 8 heteroatoms. The summed E-state index contributed by atoms with van der Waals surface area (Å²) >= 11 is 0. The predicted octanol–water partition coefficient (Wildman–Crippen LogP) is 2.46. The number of rotatable bonds is 14. The van der Waals surface area contributed by atoms with Crippen LogP contribution in [-0.4, -0.2) is 82.8 Å². The van der Waals surface area contributed by atoms with Crippen molar-refractivity contribution in [1.82, 2.24) is 9.80 Å². The second kappa shape index (κ2) is 11.0. The monoisotopic (exact) mass is 476 g/mol. The van der Waals surface area contributed by atoms with Gasteiger partial charge in [-0.1, -0.05) is 32.4 Å². The van der Waals surface area contributed by atoms with Crippen LogP contribution in [-0.2, 0) is 23.9 Å². The van der Waals surface area contributed by atoms with Gasteiger partial charge in [0.25, 0.3) is 0 Å². The second-order valence-electron chi connectivity index (χ2n) is 9.61. The van der Waals surface area contributed by atoms with E-state index in [1.165, 1.54) is 4.90 Å². The zero-order valence-electron chi connectivity index (χ0n) is 20.7. The van der Waals surface area contributed by atoms with E-state index >= 15 is 0 Å². The number of nitrogens with zero attached hydrogens (tertiary/aromatic N) is 2. The van der Waals surface area contributed by atoms with E-state index in [0.717, 1.165) is 19.3 Å². The number of unbranched alkanes of at least 4 members (excludes halogenated alkanes) is 2. The van der Waals surface area contributed by atoms with Gasteiger partial charge in [0.2, 0.25) is 11.8 Å². The molecule has 3 fully saturated rings. The maximum absolute atomic E-state index is 13.9. The molecule has 2 unspecified atom stereocenters. The van der Waals surface area contributed by atoms with Gasteiger partial charge in [-0.15, -0.1) is 13.2 Å². The third-order valence-corrected chi connectivity index (χ3v) is 7.75. The Balaban J connectivity index is 1.97. The summed E-state index contributed by atoms with van der Waals surface area (Å²) in [4.78, 5) is 44.1. The van der Waals surface area contributed by atoms with Crippen LogP contribution in [0.2, 0.25) is 0 Å². The number of hydrogen-bond donors (Lipinski definition) is 1. The number of allylic oxidation sites excluding steroid dienone is 1. The summed E-state index contributed by atoms with van der Waals surface area (Å²) in [7, 11) is 0. The van der Waals surface area contributed by atoms with E-state index < -0.39 is 35.0 Å². The van der Waals surface area contributed by atoms with Crippen LogP contribution in [0.3, 0.4) is 0 Å². The van der Waals surface area contributed by atoms with E-state index in [9.17, 15) is 19.5 Å². The van der Waals surface area contributed by atoms with Crippen LogP contribution in [0.25, 0.3) is 0 Å². The average molecular weight is 477 g/mol. The molecule has 0 aromatic heterocycles. The fourth-order valence-corrected chi connectivity index (χ4v) is 6.16. The smallest absolute Gasteiger partial charge is 0.312 e. The van der Waals surface area contributed by atoms with Gasteiger partial charge in [-0.2, -0.15) is 0 Å². The van der Waals surface area contributed by atoms with Crippen molar-refractivity contribution in [2.24, 2.45) is 11.8 Å². The van der Waals surface area contributed by atoms with Crippen LogP contribution in [0.1, 0.15) is 58.8 Å². The molecular formula is C26H40N2O6. The van der Waals surface area contributed by atoms with E-state index in [4.69, 9.17) is 9.47 Å². The van der Waals surface area contributed by atoms with E-state index in [1.807, 2.05) is 6.92 Å². The molecular weight excluding hydrogens is 436 g/mol. The number of carbonyl (C=O) groups excluding carboxylic acids is 3. The SMILES string of the molecule is C=CCCCOC(=O)[C@H]1[C@H]2C(=O)N(CCO)C(C(=O)N(CC=C)CCCC)C23CC[C@]1(CC)O3. The molecule has 8 nitrogen and oxygen atoms in total. The maximum Gasteiger partial charge on any atom is 0.312 e. The fraction of sp³-hybridized carbons (Fsp3) is 0.731. The molecule has 5 atom stereocenters. The first kappa shape index (κ1) is 26.4. The van der Waals surface area contributed by atoms with Crippen molar-refractivity contribution in [3.05, 3.63) is 25.3 Å². The number of hydrogen-bond acceptors (Lipinski definition) is 6. The first-order chi connectivity index (χ1) is 16.4. The Bertz CT molecular complexity index is 800. The molecule has 2 amide bonds. The van der Waals surface area contributed by atoms with Gasteiger partial charge in [-0.3, -0.25) is 14.4 Å². The van der Waals surface area contributed by atoms with Crippen molar-refractivity contribution in [3.63, 3.8) is 0 Å². The molecule has 0 aromatic rings. The standard InChI is InChI=1S/C26H40N2O6/c1-5-9-11-18-33-24(32)20-19-22(30)28(16-17-29)21(23(31)27(14-7-3)15-10-6-2)26(19)13-12-25(20,8-4)34-26/h5,7,19-21,29H,1,3,6,8-18H2,2,4H3/t19-,20+,21?,25-,26?/m0/s1. The predicted molar refractivity (Wildman–Crippen MR) is 128 cm³/mol. The summed E-state index contributed by atoms with van der Waals surface area (Å²) in [5, 5.41) is 9.72. The number of aliphatic hydroxyl groups excluding tert-OH is 1. The summed E-state index contributed by atoms with van der Waals surface area (Å²) in [6.45, 7) is 12.4. The fourth-order valence-electron chi connectivity index (χ4n) is 6.16. The number of fused-ring (bicyclic) bond motifs is 1. The number of ether oxygens (including phenoxy) is 2. The van der Waals surface area contributed by atoms with Gasteiger partial charge in [0.05, 0.1) is 24.7 Å². The quantitative estimate of drug-likeness (QED) is 0.235. The lowest BCUT2D eigenvalue weighted by Gasteiger charge is -2.36. The summed E-state index contributed by atoms with van der Waals surface area (Å²) < 4.78 is 12.3. The third-order valence-electron chi connectivity index (χ3n) is 7.75. The molecule has 0 saturated carbocycles. The first-order valence-electron chi connectivity index (χ1n) is 12.7. The van der Waals surface area contributed by atoms with Crippen LogP contribution in [0.15, 0.2) is 25.3 Å². The first-order valence-corrected chi connectivity index (χ1v) is 12.7. The highest BCUT2D eigenvalue weighted by atomic mass is 16.6. The molecule has 190 valence electrons. The van der Waals surface area contributed by atoms with Crippen LogP contribution < -0.4 is 0 Å². The van der Waals surface area contributed by atoms with Crippen LogP contribution in [0, 0.1) is 11.8 Å². The van der Waals surface area contributed by atoms with Gasteiger partial charge in [-0.05, 0) is 38.5 Å². The van der Waals surface area contributed by atoms with E-state index in [2.05, 4.69) is 20.1 Å². The molecule has 34 heavy (non-hydrogen) atoms. The normalized spacial score (nSPS) is 31.4. The molecule has 3 heterocycles. The van der Waals surface area contributed by atoms with Gasteiger partial charge < -0.3 is 24.4 Å². The van der Waals surface area contributed by atoms with Crippen LogP contribution in [0.5, 0.6) is 0 Å². The van der Waals surface area contributed by atoms with E-state index in [0.29, 0.717) is 38.8 Å². The van der Waals surface area contributed by atoms with Gasteiger partial charge in [-0.25, -0.2) is 0 Å². The Labute approximate surface area is 202 Å². The highest BCUT2D eigenvalue weighted by molar-refractivity contribution is 5.98. The number of carbonyl (C=O) groups is 3. The van der Waals surface area contributed by atoms with E-state index in [1.54, 1.807) is 17.1 Å². The summed E-state index contributed by atoms with van der Waals surface area (Å²) in [6.07, 6.45) is 8.27.